The molecule has 0 atom stereocenters. The maximum Gasteiger partial charge on any atom is 0.191 e. The molecule has 0 spiro atoms. The summed E-state index contributed by atoms with van der Waals surface area (Å²) in [6.07, 6.45) is 4.17. The molecule has 1 aromatic heterocycles. The second-order valence-corrected chi connectivity index (χ2v) is 4.89. The van der Waals surface area contributed by atoms with Crippen LogP contribution >= 0.6 is 24.0 Å². The molecule has 0 saturated heterocycles. The summed E-state index contributed by atoms with van der Waals surface area (Å²) in [5.74, 6) is 1.84. The van der Waals surface area contributed by atoms with Crippen LogP contribution in [0.4, 0.5) is 5.82 Å². The fraction of sp³-hybridized carbons (Fsp3) is 0.600. The summed E-state index contributed by atoms with van der Waals surface area (Å²) in [6.45, 7) is 6.75. The van der Waals surface area contributed by atoms with E-state index in [0.717, 1.165) is 36.9 Å². The van der Waals surface area contributed by atoms with E-state index in [0.29, 0.717) is 6.54 Å². The molecule has 0 fully saturated rings. The van der Waals surface area contributed by atoms with Gasteiger partial charge in [-0.2, -0.15) is 0 Å². The van der Waals surface area contributed by atoms with E-state index >= 15 is 0 Å². The summed E-state index contributed by atoms with van der Waals surface area (Å²) < 4.78 is 0. The number of guanidine groups is 1. The normalized spacial score (nSPS) is 10.8. The molecule has 2 N–H and O–H groups in total. The Hall–Kier alpha value is -1.05. The number of nitrogens with one attached hydrogen (secondary N) is 2. The van der Waals surface area contributed by atoms with Crippen molar-refractivity contribution in [2.45, 2.75) is 33.2 Å². The highest BCUT2D eigenvalue weighted by Crippen LogP contribution is 2.10. The molecule has 120 valence electrons. The first-order chi connectivity index (χ1) is 9.67. The van der Waals surface area contributed by atoms with E-state index in [1.807, 2.05) is 31.3 Å². The van der Waals surface area contributed by atoms with Crippen LogP contribution in [0.1, 0.15) is 32.3 Å². The van der Waals surface area contributed by atoms with Gasteiger partial charge in [0.15, 0.2) is 5.96 Å². The Morgan fingerprint density at radius 3 is 2.67 bits per heavy atom. The van der Waals surface area contributed by atoms with Crippen molar-refractivity contribution in [1.29, 1.82) is 0 Å². The third-order valence-electron chi connectivity index (χ3n) is 2.85. The molecular formula is C15H28IN5. The minimum Gasteiger partial charge on any atom is -0.363 e. The Kier molecular flexibility index (Phi) is 11.0. The van der Waals surface area contributed by atoms with Crippen molar-refractivity contribution in [2.24, 2.45) is 4.99 Å². The van der Waals surface area contributed by atoms with Crippen LogP contribution < -0.4 is 15.5 Å². The number of aromatic nitrogens is 1. The summed E-state index contributed by atoms with van der Waals surface area (Å²) in [6, 6.07) is 4.07. The van der Waals surface area contributed by atoms with Crippen LogP contribution in [0, 0.1) is 0 Å². The van der Waals surface area contributed by atoms with Gasteiger partial charge < -0.3 is 15.5 Å². The molecule has 1 heterocycles. The zero-order valence-electron chi connectivity index (χ0n) is 13.5. The number of rotatable bonds is 7. The van der Waals surface area contributed by atoms with Gasteiger partial charge in [0.05, 0.1) is 6.54 Å². The van der Waals surface area contributed by atoms with Gasteiger partial charge in [-0.05, 0) is 31.0 Å². The monoisotopic (exact) mass is 405 g/mol. The van der Waals surface area contributed by atoms with E-state index in [1.165, 1.54) is 6.42 Å². The first kappa shape index (κ1) is 19.9. The van der Waals surface area contributed by atoms with Gasteiger partial charge in [-0.1, -0.05) is 13.3 Å². The largest absolute Gasteiger partial charge is 0.363 e. The van der Waals surface area contributed by atoms with Crippen LogP contribution in [0.25, 0.3) is 0 Å². The van der Waals surface area contributed by atoms with Crippen LogP contribution in [0.5, 0.6) is 0 Å². The van der Waals surface area contributed by atoms with E-state index in [9.17, 15) is 0 Å². The van der Waals surface area contributed by atoms with Crippen LogP contribution in [-0.4, -0.2) is 38.1 Å². The fourth-order valence-electron chi connectivity index (χ4n) is 1.70. The number of hydrogen-bond acceptors (Lipinski definition) is 3. The number of aliphatic imine (C=N–C) groups is 1. The molecule has 0 amide bonds. The minimum absolute atomic E-state index is 0. The van der Waals surface area contributed by atoms with E-state index in [4.69, 9.17) is 0 Å². The summed E-state index contributed by atoms with van der Waals surface area (Å²) in [5, 5.41) is 6.60. The predicted molar refractivity (Wildman–Crippen MR) is 102 cm³/mol. The molecular weight excluding hydrogens is 377 g/mol. The molecule has 6 heteroatoms. The van der Waals surface area contributed by atoms with Gasteiger partial charge in [-0.25, -0.2) is 9.98 Å². The Balaban J connectivity index is 0.00000400. The molecule has 5 nitrogen and oxygen atoms in total. The molecule has 0 aliphatic rings. The van der Waals surface area contributed by atoms with Crippen LogP contribution in [-0.2, 0) is 6.54 Å². The summed E-state index contributed by atoms with van der Waals surface area (Å²) in [5.41, 5.74) is 1.16. The lowest BCUT2D eigenvalue weighted by Gasteiger charge is -2.13. The van der Waals surface area contributed by atoms with Gasteiger partial charge in [-0.15, -0.1) is 24.0 Å². The molecule has 21 heavy (non-hydrogen) atoms. The lowest BCUT2D eigenvalue weighted by atomic mass is 10.2. The molecule has 1 rings (SSSR count). The van der Waals surface area contributed by atoms with Crippen molar-refractivity contribution in [2.75, 3.05) is 32.1 Å². The van der Waals surface area contributed by atoms with E-state index < -0.39 is 0 Å². The van der Waals surface area contributed by atoms with Crippen molar-refractivity contribution in [1.82, 2.24) is 15.6 Å². The lowest BCUT2D eigenvalue weighted by molar-refractivity contribution is 0.730. The maximum absolute atomic E-state index is 4.60. The van der Waals surface area contributed by atoms with Crippen molar-refractivity contribution in [3.05, 3.63) is 23.9 Å². The SMILES string of the molecule is CCCCNC(=NCc1ccnc(N(C)C)c1)NCC.I. The van der Waals surface area contributed by atoms with Crippen LogP contribution in [0.15, 0.2) is 23.3 Å². The highest BCUT2D eigenvalue weighted by atomic mass is 127. The molecule has 0 aromatic carbocycles. The zero-order chi connectivity index (χ0) is 14.8. The number of nitrogens with zero attached hydrogens (tertiary/aromatic N) is 3. The molecule has 0 radical (unpaired) electrons. The summed E-state index contributed by atoms with van der Waals surface area (Å²) in [4.78, 5) is 10.9. The third kappa shape index (κ3) is 8.08. The van der Waals surface area contributed by atoms with Crippen LogP contribution in [0.2, 0.25) is 0 Å². The topological polar surface area (TPSA) is 52.6 Å². The van der Waals surface area contributed by atoms with Crippen molar-refractivity contribution in [3.63, 3.8) is 0 Å². The second-order valence-electron chi connectivity index (χ2n) is 4.89. The standard InChI is InChI=1S/C15H27N5.HI/c1-5-7-9-18-15(16-6-2)19-12-13-8-10-17-14(11-13)20(3)4;/h8,10-11H,5-7,9,12H2,1-4H3,(H2,16,18,19);1H. The highest BCUT2D eigenvalue weighted by Gasteiger charge is 2.00. The van der Waals surface area contributed by atoms with Gasteiger partial charge in [0, 0.05) is 33.4 Å². The number of hydrogen-bond donors (Lipinski definition) is 2. The fourth-order valence-corrected chi connectivity index (χ4v) is 1.70. The first-order valence-electron chi connectivity index (χ1n) is 7.31. The maximum atomic E-state index is 4.60. The molecule has 0 unspecified atom stereocenters. The molecule has 0 aliphatic heterocycles. The number of unbranched alkanes of at least 4 members (excludes halogenated alkanes) is 1. The summed E-state index contributed by atoms with van der Waals surface area (Å²) >= 11 is 0. The number of pyridine rings is 1. The van der Waals surface area contributed by atoms with Gasteiger partial charge in [0.1, 0.15) is 5.82 Å². The van der Waals surface area contributed by atoms with Crippen molar-refractivity contribution < 1.29 is 0 Å². The second kappa shape index (κ2) is 11.6. The van der Waals surface area contributed by atoms with E-state index in [2.05, 4.69) is 40.5 Å². The Morgan fingerprint density at radius 2 is 2.05 bits per heavy atom. The molecule has 1 aromatic rings. The van der Waals surface area contributed by atoms with Gasteiger partial charge in [-0.3, -0.25) is 0 Å². The van der Waals surface area contributed by atoms with Gasteiger partial charge in [0.2, 0.25) is 0 Å². The van der Waals surface area contributed by atoms with E-state index in [-0.39, 0.29) is 24.0 Å². The molecule has 0 saturated carbocycles. The Labute approximate surface area is 145 Å². The average molecular weight is 405 g/mol. The first-order valence-corrected chi connectivity index (χ1v) is 7.31. The predicted octanol–water partition coefficient (Wildman–Crippen LogP) is 2.62. The average Bonchev–Trinajstić information content (AvgIpc) is 2.45. The van der Waals surface area contributed by atoms with E-state index in [1.54, 1.807) is 0 Å². The quantitative estimate of drug-likeness (QED) is 0.317. The Bertz CT molecular complexity index is 420. The number of anilines is 1. The third-order valence-corrected chi connectivity index (χ3v) is 2.85. The Morgan fingerprint density at radius 1 is 1.29 bits per heavy atom. The highest BCUT2D eigenvalue weighted by molar-refractivity contribution is 14.0. The zero-order valence-corrected chi connectivity index (χ0v) is 15.8. The molecule has 0 bridgehead atoms. The lowest BCUT2D eigenvalue weighted by Crippen LogP contribution is -2.37. The smallest absolute Gasteiger partial charge is 0.191 e. The van der Waals surface area contributed by atoms with Crippen molar-refractivity contribution in [3.8, 4) is 0 Å². The minimum atomic E-state index is 0. The summed E-state index contributed by atoms with van der Waals surface area (Å²) in [7, 11) is 3.98. The van der Waals surface area contributed by atoms with Crippen molar-refractivity contribution >= 4 is 35.8 Å². The molecule has 0 aliphatic carbocycles. The van der Waals surface area contributed by atoms with Gasteiger partial charge >= 0.3 is 0 Å². The van der Waals surface area contributed by atoms with Gasteiger partial charge in [0.25, 0.3) is 0 Å². The number of halogens is 1. The van der Waals surface area contributed by atoms with Crippen LogP contribution in [0.3, 0.4) is 0 Å².